The van der Waals surface area contributed by atoms with Crippen LogP contribution in [0, 0.1) is 5.82 Å². The van der Waals surface area contributed by atoms with E-state index in [0.717, 1.165) is 23.9 Å². The summed E-state index contributed by atoms with van der Waals surface area (Å²) >= 11 is 1.05. The van der Waals surface area contributed by atoms with Crippen molar-refractivity contribution in [3.05, 3.63) is 114 Å². The number of β-lactam (4-membered cyclic amide) rings is 1. The number of aliphatic hydroxyl groups excluding tert-OH is 6. The van der Waals surface area contributed by atoms with Crippen LogP contribution in [0.3, 0.4) is 0 Å². The molecule has 5 unspecified atom stereocenters. The number of aliphatic hydroxyl groups is 6. The molecule has 3 aliphatic heterocycles. The first-order valence-corrected chi connectivity index (χ1v) is 19.5. The molecule has 19 heteroatoms. The van der Waals surface area contributed by atoms with Gasteiger partial charge in [0.15, 0.2) is 18.5 Å². The number of carboxylic acids is 2. The van der Waals surface area contributed by atoms with Crippen LogP contribution in [-0.2, 0) is 28.6 Å². The van der Waals surface area contributed by atoms with Gasteiger partial charge in [-0.3, -0.25) is 4.79 Å². The summed E-state index contributed by atoms with van der Waals surface area (Å²) in [6.45, 7) is 0. The molecule has 7 rings (SSSR count). The number of anilines is 1. The lowest BCUT2D eigenvalue weighted by Crippen LogP contribution is -2.61. The third-order valence-electron chi connectivity index (χ3n) is 10.4. The predicted molar refractivity (Wildman–Crippen MR) is 206 cm³/mol. The first-order valence-electron chi connectivity index (χ1n) is 18.5. The second-order valence-corrected chi connectivity index (χ2v) is 15.5. The van der Waals surface area contributed by atoms with Crippen molar-refractivity contribution in [1.82, 2.24) is 0 Å². The second kappa shape index (κ2) is 17.8. The zero-order chi connectivity index (χ0) is 43.0. The van der Waals surface area contributed by atoms with E-state index < -0.39 is 102 Å². The van der Waals surface area contributed by atoms with Crippen LogP contribution in [-0.4, -0.2) is 136 Å². The van der Waals surface area contributed by atoms with Gasteiger partial charge in [-0.05, 0) is 59.2 Å². The fourth-order valence-corrected chi connectivity index (χ4v) is 8.59. The Morgan fingerprint density at radius 2 is 1.32 bits per heavy atom. The molecule has 0 aromatic heterocycles. The number of carbonyl (C=O) groups is 3. The Morgan fingerprint density at radius 1 is 0.717 bits per heavy atom. The number of thioether (sulfide) groups is 1. The minimum absolute atomic E-state index is 0.0472. The minimum Gasteiger partial charge on any atom is -0.508 e. The molecule has 3 aliphatic rings. The number of hydrogen-bond donors (Lipinski definition) is 9. The molecule has 17 nitrogen and oxygen atoms in total. The molecule has 1 amide bonds. The van der Waals surface area contributed by atoms with Gasteiger partial charge in [0.05, 0.1) is 12.1 Å². The maximum Gasteiger partial charge on any atom is 0.335 e. The first-order chi connectivity index (χ1) is 28.6. The van der Waals surface area contributed by atoms with Gasteiger partial charge < -0.3 is 69.8 Å². The largest absolute Gasteiger partial charge is 0.508 e. The lowest BCUT2D eigenvalue weighted by atomic mass is 9.90. The van der Waals surface area contributed by atoms with Crippen LogP contribution in [0.5, 0.6) is 11.5 Å². The summed E-state index contributed by atoms with van der Waals surface area (Å²) in [6.07, 6.45) is -20.6. The van der Waals surface area contributed by atoms with E-state index in [4.69, 9.17) is 18.9 Å². The maximum absolute atomic E-state index is 14.2. The van der Waals surface area contributed by atoms with Gasteiger partial charge in [-0.15, -0.1) is 11.8 Å². The van der Waals surface area contributed by atoms with E-state index >= 15 is 0 Å². The number of nitrogens with zero attached hydrogens (tertiary/aromatic N) is 1. The Morgan fingerprint density at radius 3 is 1.93 bits per heavy atom. The highest BCUT2D eigenvalue weighted by molar-refractivity contribution is 8.00. The molecule has 13 atom stereocenters. The Bertz CT molecular complexity index is 2180. The van der Waals surface area contributed by atoms with Crippen molar-refractivity contribution in [2.45, 2.75) is 78.8 Å². The highest BCUT2D eigenvalue weighted by Gasteiger charge is 2.53. The number of hydrogen-bond acceptors (Lipinski definition) is 15. The fourth-order valence-electron chi connectivity index (χ4n) is 7.23. The summed E-state index contributed by atoms with van der Waals surface area (Å²) in [5.74, 6) is -4.51. The van der Waals surface area contributed by atoms with Crippen molar-refractivity contribution in [2.24, 2.45) is 0 Å². The number of halogens is 1. The van der Waals surface area contributed by atoms with Crippen molar-refractivity contribution < 1.29 is 83.7 Å². The molecule has 3 heterocycles. The standard InChI is InChI=1S/C41H40FNO16S/c42-21-12-9-18(10-13-21)26(57-41-33(50)29(46)31(48)35(59-41)39(54)55)17-60-36-27(43(37(36)51)22-6-2-1-3-7-22)24-14-11-20(19-5-4-8-23(44)15-19)16-25(24)56-40-32(49)28(45)30(47)34(58-40)38(52)53/h1-16,26-36,40-41,44-50H,17H2,(H,52,53)(H,54,55)/t26-,27+,28-,29-,30?,31-,32?,33?,34?,35?,36+,40+,41+/m0/s1. The van der Waals surface area contributed by atoms with Crippen LogP contribution in [0.2, 0.25) is 0 Å². The maximum atomic E-state index is 14.2. The number of amides is 1. The van der Waals surface area contributed by atoms with Gasteiger partial charge in [-0.1, -0.05) is 54.6 Å². The topological polar surface area (TPSA) is 273 Å². The number of aromatic hydroxyl groups is 1. The predicted octanol–water partition coefficient (Wildman–Crippen LogP) is 1.31. The number of ether oxygens (including phenoxy) is 4. The van der Waals surface area contributed by atoms with Crippen LogP contribution < -0.4 is 9.64 Å². The number of benzene rings is 4. The average Bonchev–Trinajstić information content (AvgIpc) is 3.23. The zero-order valence-electron chi connectivity index (χ0n) is 31.1. The van der Waals surface area contributed by atoms with E-state index in [-0.39, 0.29) is 17.3 Å². The van der Waals surface area contributed by atoms with Gasteiger partial charge in [0, 0.05) is 17.0 Å². The molecule has 4 aromatic carbocycles. The van der Waals surface area contributed by atoms with Gasteiger partial charge >= 0.3 is 11.9 Å². The van der Waals surface area contributed by atoms with Crippen LogP contribution in [0.4, 0.5) is 10.1 Å². The summed E-state index contributed by atoms with van der Waals surface area (Å²) in [5, 5.41) is 91.9. The average molecular weight is 854 g/mol. The smallest absolute Gasteiger partial charge is 0.335 e. The minimum atomic E-state index is -2.01. The zero-order valence-corrected chi connectivity index (χ0v) is 31.9. The number of phenols is 1. The summed E-state index contributed by atoms with van der Waals surface area (Å²) in [5.41, 5.74) is 2.05. The lowest BCUT2D eigenvalue weighted by Gasteiger charge is -2.48. The van der Waals surface area contributed by atoms with Crippen molar-refractivity contribution in [2.75, 3.05) is 10.7 Å². The van der Waals surface area contributed by atoms with E-state index in [9.17, 15) is 64.7 Å². The van der Waals surface area contributed by atoms with E-state index in [1.807, 2.05) is 0 Å². The van der Waals surface area contributed by atoms with E-state index in [0.29, 0.717) is 27.9 Å². The lowest BCUT2D eigenvalue weighted by molar-refractivity contribution is -0.303. The molecular weight excluding hydrogens is 814 g/mol. The molecule has 0 spiro atoms. The van der Waals surface area contributed by atoms with Gasteiger partial charge in [-0.25, -0.2) is 14.0 Å². The quantitative estimate of drug-likeness (QED) is 0.0858. The number of para-hydroxylation sites is 1. The van der Waals surface area contributed by atoms with Gasteiger partial charge in [0.25, 0.3) is 0 Å². The van der Waals surface area contributed by atoms with Crippen molar-refractivity contribution in [3.63, 3.8) is 0 Å². The van der Waals surface area contributed by atoms with E-state index in [1.54, 1.807) is 54.6 Å². The fraction of sp³-hybridized carbons (Fsp3) is 0.341. The van der Waals surface area contributed by atoms with Crippen LogP contribution in [0.1, 0.15) is 23.3 Å². The molecule has 318 valence electrons. The van der Waals surface area contributed by atoms with Crippen molar-refractivity contribution in [1.29, 1.82) is 0 Å². The molecule has 0 aliphatic carbocycles. The van der Waals surface area contributed by atoms with Gasteiger partial charge in [0.1, 0.15) is 59.2 Å². The van der Waals surface area contributed by atoms with Crippen LogP contribution in [0.15, 0.2) is 97.1 Å². The highest BCUT2D eigenvalue weighted by Crippen LogP contribution is 2.50. The number of carbonyl (C=O) groups excluding carboxylic acids is 1. The molecule has 0 bridgehead atoms. The first kappa shape index (κ1) is 42.9. The molecule has 60 heavy (non-hydrogen) atoms. The SMILES string of the molecule is O=C(O)C1O[C@@H](Oc2cc(-c3cccc(O)c3)ccc2[C@@H]2[C@@H](SC[C@H](O[C@@H]3OC(C(=O)O)[C@@H](O)[C@H](O)C3O)c3ccc(F)cc3)C(=O)N2c2ccccc2)C(O)[C@@H](O)C1O. The summed E-state index contributed by atoms with van der Waals surface area (Å²) < 4.78 is 37.1. The Hall–Kier alpha value is -5.19. The Kier molecular flexibility index (Phi) is 12.7. The molecular formula is C41H40FNO16S. The molecule has 0 radical (unpaired) electrons. The van der Waals surface area contributed by atoms with E-state index in [2.05, 4.69) is 0 Å². The van der Waals surface area contributed by atoms with Gasteiger partial charge in [0.2, 0.25) is 12.2 Å². The Labute approximate surface area is 344 Å². The third kappa shape index (κ3) is 8.54. The molecule has 3 saturated heterocycles. The van der Waals surface area contributed by atoms with Crippen molar-refractivity contribution >= 4 is 35.3 Å². The molecule has 4 aromatic rings. The number of phenolic OH excluding ortho intramolecular Hbond substituents is 1. The second-order valence-electron chi connectivity index (χ2n) is 14.3. The number of aliphatic carboxylic acids is 2. The van der Waals surface area contributed by atoms with Crippen LogP contribution >= 0.6 is 11.8 Å². The van der Waals surface area contributed by atoms with Gasteiger partial charge in [-0.2, -0.15) is 0 Å². The summed E-state index contributed by atoms with van der Waals surface area (Å²) in [4.78, 5) is 39.5. The Balaban J connectivity index is 1.26. The third-order valence-corrected chi connectivity index (χ3v) is 11.7. The normalized spacial score (nSPS) is 30.9. The number of carboxylic acid groups (broad SMARTS) is 2. The summed E-state index contributed by atoms with van der Waals surface area (Å²) in [6, 6.07) is 23.6. The molecule has 3 fully saturated rings. The molecule has 0 saturated carbocycles. The highest BCUT2D eigenvalue weighted by atomic mass is 32.2. The van der Waals surface area contributed by atoms with E-state index in [1.165, 1.54) is 35.2 Å². The summed E-state index contributed by atoms with van der Waals surface area (Å²) in [7, 11) is 0. The van der Waals surface area contributed by atoms with Crippen LogP contribution in [0.25, 0.3) is 11.1 Å². The monoisotopic (exact) mass is 853 g/mol. The number of rotatable bonds is 13. The van der Waals surface area contributed by atoms with Crippen molar-refractivity contribution in [3.8, 4) is 22.6 Å². The molecule has 9 N–H and O–H groups in total.